The van der Waals surface area contributed by atoms with Gasteiger partial charge in [-0.1, -0.05) is 45.7 Å². The highest BCUT2D eigenvalue weighted by Crippen LogP contribution is 2.17. The third kappa shape index (κ3) is 3.17. The topological polar surface area (TPSA) is 23.8 Å². The van der Waals surface area contributed by atoms with Crippen LogP contribution in [0, 0.1) is 11.3 Å². The average molecular weight is 271 g/mol. The monoisotopic (exact) mass is 269 g/mol. The van der Waals surface area contributed by atoms with Gasteiger partial charge < -0.3 is 0 Å². The van der Waals surface area contributed by atoms with E-state index < -0.39 is 0 Å². The van der Waals surface area contributed by atoms with Crippen molar-refractivity contribution in [3.8, 4) is 6.07 Å². The van der Waals surface area contributed by atoms with Gasteiger partial charge in [-0.3, -0.25) is 0 Å². The van der Waals surface area contributed by atoms with Crippen LogP contribution in [0.5, 0.6) is 0 Å². The van der Waals surface area contributed by atoms with E-state index in [0.717, 1.165) is 17.3 Å². The molecular formula is C11H9BrClN. The van der Waals surface area contributed by atoms with Gasteiger partial charge in [-0.2, -0.15) is 5.26 Å². The number of hydrogen-bond donors (Lipinski definition) is 0. The highest BCUT2D eigenvalue weighted by Gasteiger charge is 1.97. The summed E-state index contributed by atoms with van der Waals surface area (Å²) in [5.74, 6) is 0. The second-order valence-electron chi connectivity index (χ2n) is 2.73. The fourth-order valence-corrected chi connectivity index (χ4v) is 1.50. The first-order chi connectivity index (χ1) is 6.77. The van der Waals surface area contributed by atoms with Gasteiger partial charge in [0.2, 0.25) is 0 Å². The molecule has 14 heavy (non-hydrogen) atoms. The van der Waals surface area contributed by atoms with Crippen LogP contribution in [0.25, 0.3) is 6.08 Å². The summed E-state index contributed by atoms with van der Waals surface area (Å²) in [5, 5.41) is 10.1. The number of allylic oxidation sites excluding steroid dienone is 1. The second kappa shape index (κ2) is 5.85. The maximum atomic E-state index is 8.66. The van der Waals surface area contributed by atoms with E-state index in [-0.39, 0.29) is 0 Å². The molecule has 0 heterocycles. The quantitative estimate of drug-likeness (QED) is 0.761. The molecule has 0 unspecified atom stereocenters. The van der Waals surface area contributed by atoms with Crippen LogP contribution in [0.15, 0.2) is 24.3 Å². The minimum Gasteiger partial charge on any atom is -0.192 e. The summed E-state index contributed by atoms with van der Waals surface area (Å²) >= 11 is 9.22. The zero-order valence-corrected chi connectivity index (χ0v) is 9.85. The molecule has 0 fully saturated rings. The van der Waals surface area contributed by atoms with E-state index in [1.165, 1.54) is 0 Å². The van der Waals surface area contributed by atoms with Gasteiger partial charge >= 0.3 is 0 Å². The molecule has 0 N–H and O–H groups in total. The van der Waals surface area contributed by atoms with Crippen LogP contribution >= 0.6 is 27.5 Å². The summed E-state index contributed by atoms with van der Waals surface area (Å²) < 4.78 is 0. The molecule has 0 aliphatic rings. The van der Waals surface area contributed by atoms with Gasteiger partial charge in [-0.25, -0.2) is 0 Å². The van der Waals surface area contributed by atoms with E-state index >= 15 is 0 Å². The van der Waals surface area contributed by atoms with Crippen LogP contribution in [0.3, 0.4) is 0 Å². The van der Waals surface area contributed by atoms with E-state index in [1.54, 1.807) is 12.1 Å². The summed E-state index contributed by atoms with van der Waals surface area (Å²) in [6.07, 6.45) is 5.04. The van der Waals surface area contributed by atoms with Crippen LogP contribution in [0.1, 0.15) is 17.5 Å². The van der Waals surface area contributed by atoms with Crippen LogP contribution < -0.4 is 0 Å². The van der Waals surface area contributed by atoms with E-state index in [9.17, 15) is 0 Å². The fourth-order valence-electron chi connectivity index (χ4n) is 1.01. The number of nitriles is 1. The van der Waals surface area contributed by atoms with E-state index in [0.29, 0.717) is 10.6 Å². The lowest BCUT2D eigenvalue weighted by Crippen LogP contribution is -1.78. The lowest BCUT2D eigenvalue weighted by molar-refractivity contribution is 1.27. The van der Waals surface area contributed by atoms with Gasteiger partial charge in [0.25, 0.3) is 0 Å². The Morgan fingerprint density at radius 3 is 2.86 bits per heavy atom. The molecule has 72 valence electrons. The maximum Gasteiger partial charge on any atom is 0.101 e. The van der Waals surface area contributed by atoms with E-state index in [1.807, 2.05) is 18.2 Å². The number of alkyl halides is 1. The summed E-state index contributed by atoms with van der Waals surface area (Å²) in [5.41, 5.74) is 1.54. The third-order valence-corrected chi connectivity index (χ3v) is 2.47. The Kier molecular flexibility index (Phi) is 4.72. The van der Waals surface area contributed by atoms with Crippen molar-refractivity contribution in [1.29, 1.82) is 5.26 Å². The molecule has 0 atom stereocenters. The Morgan fingerprint density at radius 1 is 1.50 bits per heavy atom. The number of benzene rings is 1. The summed E-state index contributed by atoms with van der Waals surface area (Å²) in [7, 11) is 0. The SMILES string of the molecule is N#Cc1ccc(C=CCCBr)cc1Cl. The standard InChI is InChI=1S/C11H9BrClN/c12-6-2-1-3-9-4-5-10(8-14)11(13)7-9/h1,3-5,7H,2,6H2. The number of hydrogen-bond acceptors (Lipinski definition) is 1. The van der Waals surface area contributed by atoms with Gasteiger partial charge in [0, 0.05) is 5.33 Å². The molecule has 0 saturated carbocycles. The number of rotatable bonds is 3. The van der Waals surface area contributed by atoms with Gasteiger partial charge in [-0.05, 0) is 24.1 Å². The Balaban J connectivity index is 2.82. The molecule has 0 aliphatic heterocycles. The van der Waals surface area contributed by atoms with Crippen molar-refractivity contribution in [3.05, 3.63) is 40.4 Å². The van der Waals surface area contributed by atoms with Crippen molar-refractivity contribution in [3.63, 3.8) is 0 Å². The largest absolute Gasteiger partial charge is 0.192 e. The molecule has 1 aromatic rings. The predicted octanol–water partition coefficient (Wildman–Crippen LogP) is 4.01. The van der Waals surface area contributed by atoms with E-state index in [4.69, 9.17) is 16.9 Å². The van der Waals surface area contributed by atoms with Crippen LogP contribution in [0.2, 0.25) is 5.02 Å². The molecule has 0 bridgehead atoms. The molecule has 0 aliphatic carbocycles. The average Bonchev–Trinajstić information content (AvgIpc) is 2.18. The van der Waals surface area contributed by atoms with Crippen molar-refractivity contribution in [2.45, 2.75) is 6.42 Å². The first-order valence-electron chi connectivity index (χ1n) is 4.20. The summed E-state index contributed by atoms with van der Waals surface area (Å²) in [6, 6.07) is 7.44. The Labute approximate surface area is 97.1 Å². The van der Waals surface area contributed by atoms with Crippen molar-refractivity contribution in [1.82, 2.24) is 0 Å². The molecule has 1 aromatic carbocycles. The molecule has 1 nitrogen and oxygen atoms in total. The molecule has 0 spiro atoms. The number of nitrogens with zero attached hydrogens (tertiary/aromatic N) is 1. The lowest BCUT2D eigenvalue weighted by Gasteiger charge is -1.96. The van der Waals surface area contributed by atoms with Crippen LogP contribution in [-0.2, 0) is 0 Å². The lowest BCUT2D eigenvalue weighted by atomic mass is 10.1. The normalized spacial score (nSPS) is 10.4. The van der Waals surface area contributed by atoms with Crippen molar-refractivity contribution in [2.24, 2.45) is 0 Å². The van der Waals surface area contributed by atoms with Gasteiger partial charge in [0.15, 0.2) is 0 Å². The van der Waals surface area contributed by atoms with Gasteiger partial charge in [0.05, 0.1) is 10.6 Å². The zero-order chi connectivity index (χ0) is 10.4. The predicted molar refractivity (Wildman–Crippen MR) is 63.6 cm³/mol. The Hall–Kier alpha value is -0.780. The molecule has 0 aromatic heterocycles. The van der Waals surface area contributed by atoms with Gasteiger partial charge in [0.1, 0.15) is 6.07 Å². The van der Waals surface area contributed by atoms with Crippen molar-refractivity contribution >= 4 is 33.6 Å². The van der Waals surface area contributed by atoms with Crippen LogP contribution in [-0.4, -0.2) is 5.33 Å². The minimum absolute atomic E-state index is 0.508. The summed E-state index contributed by atoms with van der Waals surface area (Å²) in [4.78, 5) is 0. The van der Waals surface area contributed by atoms with Crippen LogP contribution in [0.4, 0.5) is 0 Å². The molecule has 1 rings (SSSR count). The third-order valence-electron chi connectivity index (χ3n) is 1.70. The van der Waals surface area contributed by atoms with Gasteiger partial charge in [-0.15, -0.1) is 0 Å². The molecular weight excluding hydrogens is 261 g/mol. The molecule has 3 heteroatoms. The highest BCUT2D eigenvalue weighted by atomic mass is 79.9. The first-order valence-corrected chi connectivity index (χ1v) is 5.70. The minimum atomic E-state index is 0.508. The van der Waals surface area contributed by atoms with Crippen molar-refractivity contribution < 1.29 is 0 Å². The smallest absolute Gasteiger partial charge is 0.101 e. The highest BCUT2D eigenvalue weighted by molar-refractivity contribution is 9.09. The number of halogens is 2. The molecule has 0 amide bonds. The summed E-state index contributed by atoms with van der Waals surface area (Å²) in [6.45, 7) is 0. The second-order valence-corrected chi connectivity index (χ2v) is 3.93. The molecule has 0 radical (unpaired) electrons. The Morgan fingerprint density at radius 2 is 2.29 bits per heavy atom. The Bertz CT molecular complexity index is 379. The fraction of sp³-hybridized carbons (Fsp3) is 0.182. The van der Waals surface area contributed by atoms with Crippen molar-refractivity contribution in [2.75, 3.05) is 5.33 Å². The zero-order valence-electron chi connectivity index (χ0n) is 7.50. The first kappa shape index (κ1) is 11.3. The van der Waals surface area contributed by atoms with E-state index in [2.05, 4.69) is 22.0 Å². The maximum absolute atomic E-state index is 8.66. The molecule has 0 saturated heterocycles.